The predicted octanol–water partition coefficient (Wildman–Crippen LogP) is 6.74. The second kappa shape index (κ2) is 10.9. The van der Waals surface area contributed by atoms with E-state index in [0.29, 0.717) is 27.9 Å². The largest absolute Gasteiger partial charge is 0.339 e. The third kappa shape index (κ3) is 5.50. The summed E-state index contributed by atoms with van der Waals surface area (Å²) < 4.78 is 0. The van der Waals surface area contributed by atoms with E-state index in [1.165, 1.54) is 18.4 Å². The Morgan fingerprint density at radius 3 is 2.57 bits per heavy atom. The lowest BCUT2D eigenvalue weighted by Gasteiger charge is -2.45. The molecule has 35 heavy (non-hydrogen) atoms. The molecule has 0 radical (unpaired) electrons. The van der Waals surface area contributed by atoms with Crippen LogP contribution in [0.4, 0.5) is 0 Å². The molecule has 2 aliphatic heterocycles. The van der Waals surface area contributed by atoms with Gasteiger partial charge in [0.05, 0.1) is 15.6 Å². The molecule has 4 nitrogen and oxygen atoms in total. The van der Waals surface area contributed by atoms with E-state index in [1.54, 1.807) is 6.20 Å². The fraction of sp³-hybridized carbons (Fsp3) is 0.448. The Kier molecular flexibility index (Phi) is 7.62. The maximum Gasteiger partial charge on any atom is 0.253 e. The molecule has 0 spiro atoms. The van der Waals surface area contributed by atoms with Crippen molar-refractivity contribution in [2.24, 2.45) is 11.8 Å². The van der Waals surface area contributed by atoms with Crippen LogP contribution < -0.4 is 0 Å². The van der Waals surface area contributed by atoms with Crippen LogP contribution >= 0.6 is 23.2 Å². The van der Waals surface area contributed by atoms with Gasteiger partial charge in [0, 0.05) is 42.8 Å². The van der Waals surface area contributed by atoms with Crippen LogP contribution in [-0.2, 0) is 6.42 Å². The number of rotatable bonds is 5. The number of amides is 1. The van der Waals surface area contributed by atoms with Gasteiger partial charge in [-0.25, -0.2) is 0 Å². The first kappa shape index (κ1) is 24.5. The van der Waals surface area contributed by atoms with E-state index in [9.17, 15) is 4.79 Å². The highest BCUT2D eigenvalue weighted by atomic mass is 35.5. The van der Waals surface area contributed by atoms with Gasteiger partial charge in [0.2, 0.25) is 0 Å². The van der Waals surface area contributed by atoms with Gasteiger partial charge in [-0.2, -0.15) is 0 Å². The monoisotopic (exact) mass is 509 g/mol. The van der Waals surface area contributed by atoms with Crippen LogP contribution in [0.15, 0.2) is 54.7 Å². The normalized spacial score (nSPS) is 22.0. The molecular weight excluding hydrogens is 477 g/mol. The molecule has 184 valence electrons. The lowest BCUT2D eigenvalue weighted by Crippen LogP contribution is -2.51. The van der Waals surface area contributed by atoms with Crippen molar-refractivity contribution in [1.29, 1.82) is 0 Å². The zero-order valence-electron chi connectivity index (χ0n) is 20.3. The van der Waals surface area contributed by atoms with E-state index in [4.69, 9.17) is 23.2 Å². The Balaban J connectivity index is 1.16. The topological polar surface area (TPSA) is 36.4 Å². The first-order valence-electron chi connectivity index (χ1n) is 12.8. The van der Waals surface area contributed by atoms with Crippen molar-refractivity contribution in [2.45, 2.75) is 45.1 Å². The molecule has 2 aliphatic rings. The number of carbonyl (C=O) groups is 1. The number of hydrogen-bond donors (Lipinski definition) is 0. The van der Waals surface area contributed by atoms with E-state index in [-0.39, 0.29) is 5.91 Å². The molecule has 2 fully saturated rings. The minimum Gasteiger partial charge on any atom is -0.339 e. The molecule has 2 saturated heterocycles. The Morgan fingerprint density at radius 1 is 0.971 bits per heavy atom. The SMILES string of the molecule is CC[C@@H]1CN(C2CCN(C(=O)c3ccc4ncccc4c3)CC2)CC[C@@H]1Cc1ccc(Cl)c(Cl)c1. The lowest BCUT2D eigenvalue weighted by molar-refractivity contribution is 0.0395. The molecule has 1 amide bonds. The minimum atomic E-state index is 0.140. The number of fused-ring (bicyclic) bond motifs is 1. The summed E-state index contributed by atoms with van der Waals surface area (Å²) in [5.74, 6) is 1.50. The van der Waals surface area contributed by atoms with Gasteiger partial charge in [0.25, 0.3) is 5.91 Å². The summed E-state index contributed by atoms with van der Waals surface area (Å²) in [6, 6.07) is 16.4. The molecule has 2 aromatic carbocycles. The number of hydrogen-bond acceptors (Lipinski definition) is 3. The Hall–Kier alpha value is -2.14. The van der Waals surface area contributed by atoms with Crippen LogP contribution in [0.3, 0.4) is 0 Å². The number of nitrogens with zero attached hydrogens (tertiary/aromatic N) is 3. The molecule has 6 heteroatoms. The molecule has 0 bridgehead atoms. The van der Waals surface area contributed by atoms with Crippen LogP contribution in [0.2, 0.25) is 10.0 Å². The number of benzene rings is 2. The van der Waals surface area contributed by atoms with E-state index in [2.05, 4.69) is 22.9 Å². The average Bonchev–Trinajstić information content (AvgIpc) is 2.90. The summed E-state index contributed by atoms with van der Waals surface area (Å²) in [5.41, 5.74) is 2.97. The summed E-state index contributed by atoms with van der Waals surface area (Å²) in [6.07, 6.45) is 7.36. The first-order chi connectivity index (χ1) is 17.0. The van der Waals surface area contributed by atoms with E-state index in [1.807, 2.05) is 47.4 Å². The number of halogens is 2. The number of pyridine rings is 1. The molecule has 0 saturated carbocycles. The number of carbonyl (C=O) groups excluding carboxylic acids is 1. The number of piperidine rings is 2. The standard InChI is InChI=1S/C29H33Cl2N3O/c1-2-21-19-34(13-9-22(21)16-20-5-7-26(30)27(31)17-20)25-10-14-33(15-11-25)29(35)24-6-8-28-23(18-24)4-3-12-32-28/h3-8,12,17-18,21-22,25H,2,9-11,13-16,19H2,1H3/t21-,22-/m1/s1. The molecule has 1 aromatic heterocycles. The van der Waals surface area contributed by atoms with Gasteiger partial charge in [-0.3, -0.25) is 14.7 Å². The van der Waals surface area contributed by atoms with Crippen molar-refractivity contribution in [3.63, 3.8) is 0 Å². The molecule has 3 aromatic rings. The lowest BCUT2D eigenvalue weighted by atomic mass is 9.79. The highest BCUT2D eigenvalue weighted by Crippen LogP contribution is 2.33. The van der Waals surface area contributed by atoms with Crippen molar-refractivity contribution in [3.8, 4) is 0 Å². The van der Waals surface area contributed by atoms with Gasteiger partial charge in [0.1, 0.15) is 0 Å². The van der Waals surface area contributed by atoms with Crippen molar-refractivity contribution in [3.05, 3.63) is 75.9 Å². The zero-order valence-corrected chi connectivity index (χ0v) is 21.8. The van der Waals surface area contributed by atoms with E-state index < -0.39 is 0 Å². The highest BCUT2D eigenvalue weighted by Gasteiger charge is 2.34. The minimum absolute atomic E-state index is 0.140. The third-order valence-corrected chi connectivity index (χ3v) is 8.79. The van der Waals surface area contributed by atoms with Gasteiger partial charge in [-0.15, -0.1) is 0 Å². The van der Waals surface area contributed by atoms with Crippen molar-refractivity contribution in [2.75, 3.05) is 26.2 Å². The van der Waals surface area contributed by atoms with Crippen molar-refractivity contribution < 1.29 is 4.79 Å². The second-order valence-electron chi connectivity index (χ2n) is 10.1. The summed E-state index contributed by atoms with van der Waals surface area (Å²) >= 11 is 12.4. The maximum atomic E-state index is 13.2. The van der Waals surface area contributed by atoms with E-state index >= 15 is 0 Å². The fourth-order valence-corrected chi connectivity index (χ4v) is 6.29. The van der Waals surface area contributed by atoms with Gasteiger partial charge in [-0.1, -0.05) is 48.7 Å². The zero-order chi connectivity index (χ0) is 24.4. The average molecular weight is 511 g/mol. The highest BCUT2D eigenvalue weighted by molar-refractivity contribution is 6.42. The molecule has 2 atom stereocenters. The smallest absolute Gasteiger partial charge is 0.253 e. The van der Waals surface area contributed by atoms with Gasteiger partial charge < -0.3 is 4.90 Å². The Bertz CT molecular complexity index is 1190. The molecule has 3 heterocycles. The molecular formula is C29H33Cl2N3O. The molecule has 0 aliphatic carbocycles. The van der Waals surface area contributed by atoms with Crippen molar-refractivity contribution >= 4 is 40.0 Å². The third-order valence-electron chi connectivity index (χ3n) is 8.05. The predicted molar refractivity (Wildman–Crippen MR) is 144 cm³/mol. The quantitative estimate of drug-likeness (QED) is 0.382. The van der Waals surface area contributed by atoms with Crippen LogP contribution in [0, 0.1) is 11.8 Å². The van der Waals surface area contributed by atoms with Crippen LogP contribution in [0.1, 0.15) is 48.5 Å². The maximum absolute atomic E-state index is 13.2. The molecule has 0 unspecified atom stereocenters. The van der Waals surface area contributed by atoms with Gasteiger partial charge in [0.15, 0.2) is 0 Å². The van der Waals surface area contributed by atoms with Crippen LogP contribution in [-0.4, -0.2) is 52.9 Å². The summed E-state index contributed by atoms with van der Waals surface area (Å²) in [4.78, 5) is 22.3. The Morgan fingerprint density at radius 2 is 1.80 bits per heavy atom. The molecule has 5 rings (SSSR count). The number of likely N-dealkylation sites (tertiary alicyclic amines) is 2. The fourth-order valence-electron chi connectivity index (χ4n) is 5.97. The van der Waals surface area contributed by atoms with Crippen molar-refractivity contribution in [1.82, 2.24) is 14.8 Å². The number of aromatic nitrogens is 1. The Labute approximate surface area is 218 Å². The van der Waals surface area contributed by atoms with E-state index in [0.717, 1.165) is 61.9 Å². The summed E-state index contributed by atoms with van der Waals surface area (Å²) in [5, 5.41) is 2.29. The second-order valence-corrected chi connectivity index (χ2v) is 10.9. The van der Waals surface area contributed by atoms with Gasteiger partial charge in [-0.05, 0) is 86.0 Å². The molecule has 0 N–H and O–H groups in total. The summed E-state index contributed by atoms with van der Waals surface area (Å²) in [6.45, 7) is 6.26. The van der Waals surface area contributed by atoms with Crippen LogP contribution in [0.5, 0.6) is 0 Å². The van der Waals surface area contributed by atoms with Gasteiger partial charge >= 0.3 is 0 Å². The first-order valence-corrected chi connectivity index (χ1v) is 13.6. The summed E-state index contributed by atoms with van der Waals surface area (Å²) in [7, 11) is 0. The van der Waals surface area contributed by atoms with Crippen LogP contribution in [0.25, 0.3) is 10.9 Å².